The van der Waals surface area contributed by atoms with E-state index >= 15 is 0 Å². The number of nitrogens with two attached hydrogens (primary N) is 2. The summed E-state index contributed by atoms with van der Waals surface area (Å²) < 4.78 is 11.5. The minimum Gasteiger partial charge on any atom is -0.477 e. The molecule has 0 radical (unpaired) electrons. The van der Waals surface area contributed by atoms with E-state index in [0.29, 0.717) is 27.7 Å². The van der Waals surface area contributed by atoms with Gasteiger partial charge in [0.05, 0.1) is 16.7 Å². The maximum absolute atomic E-state index is 11.3. The summed E-state index contributed by atoms with van der Waals surface area (Å²) in [4.78, 5) is 20.2. The van der Waals surface area contributed by atoms with Crippen LogP contribution in [0.15, 0.2) is 23.3 Å². The zero-order valence-corrected chi connectivity index (χ0v) is 16.7. The van der Waals surface area contributed by atoms with Crippen LogP contribution >= 0.6 is 11.3 Å². The smallest absolute Gasteiger partial charge is 0.346 e. The highest BCUT2D eigenvalue weighted by Crippen LogP contribution is 2.33. The Hall–Kier alpha value is -2.65. The molecule has 1 saturated carbocycles. The van der Waals surface area contributed by atoms with Crippen molar-refractivity contribution >= 4 is 33.8 Å². The van der Waals surface area contributed by atoms with Crippen LogP contribution in [0.5, 0.6) is 5.88 Å². The first-order valence-electron chi connectivity index (χ1n) is 9.01. The molecule has 5 N–H and O–H groups in total. The van der Waals surface area contributed by atoms with E-state index in [1.54, 1.807) is 32.4 Å². The number of rotatable bonds is 6. The van der Waals surface area contributed by atoms with Crippen molar-refractivity contribution in [1.29, 1.82) is 0 Å². The number of thiophene rings is 1. The molecule has 0 spiro atoms. The van der Waals surface area contributed by atoms with Crippen molar-refractivity contribution in [2.24, 2.45) is 10.7 Å². The number of carbonyl (C=O) groups is 1. The number of carboxylic acids is 1. The summed E-state index contributed by atoms with van der Waals surface area (Å²) in [6.45, 7) is 1.67. The van der Waals surface area contributed by atoms with Crippen molar-refractivity contribution in [3.63, 3.8) is 0 Å². The average Bonchev–Trinajstić information content (AvgIpc) is 2.98. The zero-order valence-electron chi connectivity index (χ0n) is 15.8. The molecule has 9 heteroatoms. The third-order valence-corrected chi connectivity index (χ3v) is 5.91. The van der Waals surface area contributed by atoms with Crippen LogP contribution in [0.25, 0.3) is 0 Å². The van der Waals surface area contributed by atoms with Gasteiger partial charge < -0.3 is 26.0 Å². The largest absolute Gasteiger partial charge is 0.477 e. The summed E-state index contributed by atoms with van der Waals surface area (Å²) in [6, 6.07) is 3.49. The summed E-state index contributed by atoms with van der Waals surface area (Å²) >= 11 is 0.980. The first-order chi connectivity index (χ1) is 13.4. The second kappa shape index (κ2) is 8.57. The van der Waals surface area contributed by atoms with Crippen LogP contribution in [0.1, 0.15) is 46.5 Å². The lowest BCUT2D eigenvalue weighted by Gasteiger charge is -2.28. The molecule has 2 aromatic rings. The number of hydrogen-bond donors (Lipinski definition) is 3. The molecule has 1 aliphatic rings. The molecule has 0 saturated heterocycles. The van der Waals surface area contributed by atoms with Crippen molar-refractivity contribution in [3.05, 3.63) is 34.3 Å². The average molecular weight is 404 g/mol. The minimum absolute atomic E-state index is 0.00431. The Morgan fingerprint density at radius 1 is 1.39 bits per heavy atom. The predicted octanol–water partition coefficient (Wildman–Crippen LogP) is 3.11. The van der Waals surface area contributed by atoms with E-state index in [2.05, 4.69) is 9.98 Å². The number of ether oxygens (including phenoxy) is 2. The first-order valence-corrected chi connectivity index (χ1v) is 9.83. The predicted molar refractivity (Wildman–Crippen MR) is 109 cm³/mol. The molecule has 1 aliphatic carbocycles. The number of aromatic nitrogens is 1. The van der Waals surface area contributed by atoms with E-state index in [4.69, 9.17) is 20.9 Å². The monoisotopic (exact) mass is 404 g/mol. The molecule has 28 heavy (non-hydrogen) atoms. The Kier molecular flexibility index (Phi) is 6.15. The quantitative estimate of drug-likeness (QED) is 0.497. The second-order valence-electron chi connectivity index (χ2n) is 6.69. The number of anilines is 1. The molecule has 2 heterocycles. The zero-order chi connectivity index (χ0) is 20.3. The van der Waals surface area contributed by atoms with Gasteiger partial charge in [0.2, 0.25) is 5.88 Å². The van der Waals surface area contributed by atoms with Gasteiger partial charge in [-0.05, 0) is 43.9 Å². The highest BCUT2D eigenvalue weighted by atomic mass is 32.1. The van der Waals surface area contributed by atoms with Crippen LogP contribution in [0.3, 0.4) is 0 Å². The molecule has 0 aromatic carbocycles. The van der Waals surface area contributed by atoms with Crippen LogP contribution in [0.2, 0.25) is 0 Å². The molecule has 0 aliphatic heterocycles. The van der Waals surface area contributed by atoms with Crippen LogP contribution in [0, 0.1) is 6.92 Å². The summed E-state index contributed by atoms with van der Waals surface area (Å²) in [5.41, 5.74) is 13.6. The van der Waals surface area contributed by atoms with E-state index in [1.807, 2.05) is 0 Å². The number of aliphatic imine (C=N–C) groups is 1. The number of hydrogen-bond acceptors (Lipinski definition) is 7. The first kappa shape index (κ1) is 20.1. The topological polar surface area (TPSA) is 133 Å². The lowest BCUT2D eigenvalue weighted by molar-refractivity contribution is 0.0197. The Labute approximate surface area is 167 Å². The minimum atomic E-state index is -1.04. The van der Waals surface area contributed by atoms with Gasteiger partial charge >= 0.3 is 5.97 Å². The van der Waals surface area contributed by atoms with E-state index in [9.17, 15) is 9.90 Å². The molecule has 0 bridgehead atoms. The molecular weight excluding hydrogens is 380 g/mol. The molecule has 0 amide bonds. The lowest BCUT2D eigenvalue weighted by Crippen LogP contribution is -2.29. The van der Waals surface area contributed by atoms with E-state index < -0.39 is 5.97 Å². The molecule has 1 fully saturated rings. The van der Waals surface area contributed by atoms with Crippen LogP contribution < -0.4 is 16.2 Å². The standard InChI is InChI=1S/C19H24N4O4S/c1-10-14(17(21)28-15(10)19(24)25)16(20)23-13-7-4-8-22-18(13)27-12-6-3-5-11(9-12)26-2/h4,7-8,11-12H,3,5-6,9,21H2,1-2H3,(H2,20,23)(H,24,25). The fourth-order valence-corrected chi connectivity index (χ4v) is 4.31. The number of methoxy groups -OCH3 is 1. The highest BCUT2D eigenvalue weighted by Gasteiger charge is 2.25. The number of nitrogens with zero attached hydrogens (tertiary/aromatic N) is 2. The van der Waals surface area contributed by atoms with Gasteiger partial charge in [-0.1, -0.05) is 0 Å². The summed E-state index contributed by atoms with van der Waals surface area (Å²) in [5.74, 6) is -0.518. The molecule has 8 nitrogen and oxygen atoms in total. The van der Waals surface area contributed by atoms with Crippen molar-refractivity contribution in [3.8, 4) is 5.88 Å². The van der Waals surface area contributed by atoms with Crippen molar-refractivity contribution in [2.75, 3.05) is 12.8 Å². The molecule has 150 valence electrons. The Balaban J connectivity index is 1.88. The molecular formula is C19H24N4O4S. The van der Waals surface area contributed by atoms with Gasteiger partial charge in [0.1, 0.15) is 22.5 Å². The fraction of sp³-hybridized carbons (Fsp3) is 0.421. The van der Waals surface area contributed by atoms with Crippen LogP contribution in [-0.4, -0.2) is 41.2 Å². The van der Waals surface area contributed by atoms with Gasteiger partial charge in [-0.3, -0.25) is 0 Å². The Morgan fingerprint density at radius 2 is 2.14 bits per heavy atom. The third kappa shape index (κ3) is 4.26. The van der Waals surface area contributed by atoms with Gasteiger partial charge in [0, 0.05) is 19.7 Å². The van der Waals surface area contributed by atoms with Crippen molar-refractivity contribution in [1.82, 2.24) is 4.98 Å². The fourth-order valence-electron chi connectivity index (χ4n) is 3.38. The van der Waals surface area contributed by atoms with Crippen molar-refractivity contribution < 1.29 is 19.4 Å². The Morgan fingerprint density at radius 3 is 2.82 bits per heavy atom. The molecule has 2 unspecified atom stereocenters. The van der Waals surface area contributed by atoms with E-state index in [0.717, 1.165) is 37.0 Å². The molecule has 2 aromatic heterocycles. The maximum Gasteiger partial charge on any atom is 0.346 e. The normalized spacial score (nSPS) is 20.1. The highest BCUT2D eigenvalue weighted by molar-refractivity contribution is 7.18. The van der Waals surface area contributed by atoms with Crippen molar-refractivity contribution in [2.45, 2.75) is 44.8 Å². The number of aromatic carboxylic acids is 1. The van der Waals surface area contributed by atoms with E-state index in [-0.39, 0.29) is 22.9 Å². The SMILES string of the molecule is COC1CCCC(Oc2ncccc2N=C(N)c2c(N)sc(C(=O)O)c2C)C1. The molecule has 2 atom stereocenters. The van der Waals surface area contributed by atoms with Gasteiger partial charge in [0.15, 0.2) is 0 Å². The third-order valence-electron chi connectivity index (χ3n) is 4.81. The van der Waals surface area contributed by atoms with Gasteiger partial charge in [-0.15, -0.1) is 11.3 Å². The summed E-state index contributed by atoms with van der Waals surface area (Å²) in [5, 5.41) is 9.59. The summed E-state index contributed by atoms with van der Waals surface area (Å²) in [7, 11) is 1.71. The van der Waals surface area contributed by atoms with Crippen LogP contribution in [0.4, 0.5) is 10.7 Å². The lowest BCUT2D eigenvalue weighted by atomic mass is 9.95. The number of carboxylic acid groups (broad SMARTS) is 1. The van der Waals surface area contributed by atoms with E-state index in [1.165, 1.54) is 0 Å². The number of amidine groups is 1. The number of nitrogen functional groups attached to an aromatic ring is 1. The van der Waals surface area contributed by atoms with Gasteiger partial charge in [-0.25, -0.2) is 14.8 Å². The Bertz CT molecular complexity index is 896. The maximum atomic E-state index is 11.3. The van der Waals surface area contributed by atoms with Crippen LogP contribution in [-0.2, 0) is 4.74 Å². The van der Waals surface area contributed by atoms with Gasteiger partial charge in [-0.2, -0.15) is 0 Å². The second-order valence-corrected chi connectivity index (χ2v) is 7.74. The number of pyridine rings is 1. The summed E-state index contributed by atoms with van der Waals surface area (Å²) in [6.07, 6.45) is 5.59. The molecule has 3 rings (SSSR count). The van der Waals surface area contributed by atoms with Gasteiger partial charge in [0.25, 0.3) is 0 Å².